The number of hydrogen-bond acceptors (Lipinski definition) is 1. The Labute approximate surface area is 97.9 Å². The fourth-order valence-electron chi connectivity index (χ4n) is 1.68. The first kappa shape index (κ1) is 12.5. The maximum Gasteiger partial charge on any atom is 0.160 e. The van der Waals surface area contributed by atoms with Crippen molar-refractivity contribution in [3.05, 3.63) is 34.9 Å². The van der Waals surface area contributed by atoms with E-state index < -0.39 is 0 Å². The Morgan fingerprint density at radius 2 is 2.06 bits per heavy atom. The van der Waals surface area contributed by atoms with Gasteiger partial charge in [0, 0.05) is 17.5 Å². The Morgan fingerprint density at radius 1 is 1.31 bits per heavy atom. The first-order valence-corrected chi connectivity index (χ1v) is 5.81. The summed E-state index contributed by atoms with van der Waals surface area (Å²) >= 11 is 0. The smallest absolute Gasteiger partial charge is 0.160 e. The standard InChI is InChI=1S/C15H18O/c1-4-6-8-13-9-10-15(12(3)16)14(11-13)7-5-2/h9-11H,4-5,7H2,1-3H3. The Morgan fingerprint density at radius 3 is 2.62 bits per heavy atom. The summed E-state index contributed by atoms with van der Waals surface area (Å²) in [6, 6.07) is 5.87. The number of aryl methyl sites for hydroxylation is 1. The normalized spacial score (nSPS) is 9.44. The lowest BCUT2D eigenvalue weighted by molar-refractivity contribution is 0.101. The second-order valence-electron chi connectivity index (χ2n) is 3.83. The SMILES string of the molecule is CCC#Cc1ccc(C(C)=O)c(CCC)c1. The lowest BCUT2D eigenvalue weighted by Crippen LogP contribution is -2.00. The molecule has 16 heavy (non-hydrogen) atoms. The van der Waals surface area contributed by atoms with E-state index in [0.717, 1.165) is 36.0 Å². The monoisotopic (exact) mass is 214 g/mol. The molecule has 0 unspecified atom stereocenters. The van der Waals surface area contributed by atoms with Crippen molar-refractivity contribution in [2.45, 2.75) is 40.0 Å². The van der Waals surface area contributed by atoms with E-state index >= 15 is 0 Å². The predicted molar refractivity (Wildman–Crippen MR) is 67.6 cm³/mol. The number of ketones is 1. The molecule has 0 spiro atoms. The topological polar surface area (TPSA) is 17.1 Å². The third kappa shape index (κ3) is 3.24. The van der Waals surface area contributed by atoms with Gasteiger partial charge in [-0.15, -0.1) is 0 Å². The predicted octanol–water partition coefficient (Wildman–Crippen LogP) is 3.60. The number of carbonyl (C=O) groups excluding carboxylic acids is 1. The highest BCUT2D eigenvalue weighted by molar-refractivity contribution is 5.95. The molecule has 0 fully saturated rings. The average molecular weight is 214 g/mol. The van der Waals surface area contributed by atoms with Crippen molar-refractivity contribution in [2.75, 3.05) is 0 Å². The van der Waals surface area contributed by atoms with Gasteiger partial charge in [-0.3, -0.25) is 4.79 Å². The highest BCUT2D eigenvalue weighted by Crippen LogP contribution is 2.14. The molecule has 1 aromatic rings. The highest BCUT2D eigenvalue weighted by Gasteiger charge is 2.06. The van der Waals surface area contributed by atoms with E-state index in [0.29, 0.717) is 0 Å². The van der Waals surface area contributed by atoms with Crippen LogP contribution in [0.25, 0.3) is 0 Å². The second kappa shape index (κ2) is 6.12. The van der Waals surface area contributed by atoms with Crippen molar-refractivity contribution in [2.24, 2.45) is 0 Å². The molecule has 0 aromatic heterocycles. The summed E-state index contributed by atoms with van der Waals surface area (Å²) in [7, 11) is 0. The van der Waals surface area contributed by atoms with Gasteiger partial charge in [-0.1, -0.05) is 32.1 Å². The van der Waals surface area contributed by atoms with Crippen LogP contribution >= 0.6 is 0 Å². The van der Waals surface area contributed by atoms with E-state index in [-0.39, 0.29) is 5.78 Å². The first-order valence-electron chi connectivity index (χ1n) is 5.81. The van der Waals surface area contributed by atoms with Crippen LogP contribution in [-0.4, -0.2) is 5.78 Å². The van der Waals surface area contributed by atoms with Crippen molar-refractivity contribution in [1.82, 2.24) is 0 Å². The zero-order chi connectivity index (χ0) is 12.0. The number of carbonyl (C=O) groups is 1. The van der Waals surface area contributed by atoms with Crippen LogP contribution in [-0.2, 0) is 6.42 Å². The number of benzene rings is 1. The lowest BCUT2D eigenvalue weighted by atomic mass is 9.98. The summed E-state index contributed by atoms with van der Waals surface area (Å²) in [5, 5.41) is 0. The summed E-state index contributed by atoms with van der Waals surface area (Å²) in [6.45, 7) is 5.77. The van der Waals surface area contributed by atoms with Gasteiger partial charge >= 0.3 is 0 Å². The van der Waals surface area contributed by atoms with Crippen LogP contribution in [0, 0.1) is 11.8 Å². The fourth-order valence-corrected chi connectivity index (χ4v) is 1.68. The molecule has 1 aromatic carbocycles. The van der Waals surface area contributed by atoms with Crippen molar-refractivity contribution in [1.29, 1.82) is 0 Å². The van der Waals surface area contributed by atoms with E-state index in [4.69, 9.17) is 0 Å². The van der Waals surface area contributed by atoms with Gasteiger partial charge in [0.05, 0.1) is 0 Å². The number of rotatable bonds is 3. The molecule has 84 valence electrons. The fraction of sp³-hybridized carbons (Fsp3) is 0.400. The molecule has 0 radical (unpaired) electrons. The van der Waals surface area contributed by atoms with Crippen molar-refractivity contribution < 1.29 is 4.79 Å². The molecule has 0 bridgehead atoms. The van der Waals surface area contributed by atoms with Crippen molar-refractivity contribution in [3.63, 3.8) is 0 Å². The third-order valence-corrected chi connectivity index (χ3v) is 2.41. The summed E-state index contributed by atoms with van der Waals surface area (Å²) in [5.74, 6) is 6.28. The molecule has 1 heteroatoms. The summed E-state index contributed by atoms with van der Waals surface area (Å²) < 4.78 is 0. The quantitative estimate of drug-likeness (QED) is 0.555. The zero-order valence-electron chi connectivity index (χ0n) is 10.3. The molecule has 0 aliphatic carbocycles. The average Bonchev–Trinajstić information content (AvgIpc) is 2.26. The molecule has 0 saturated carbocycles. The summed E-state index contributed by atoms with van der Waals surface area (Å²) in [6.07, 6.45) is 2.85. The largest absolute Gasteiger partial charge is 0.295 e. The van der Waals surface area contributed by atoms with Crippen LogP contribution < -0.4 is 0 Å². The van der Waals surface area contributed by atoms with Crippen LogP contribution in [0.1, 0.15) is 55.1 Å². The van der Waals surface area contributed by atoms with E-state index in [1.54, 1.807) is 6.92 Å². The minimum atomic E-state index is 0.137. The molecule has 1 rings (SSSR count). The van der Waals surface area contributed by atoms with E-state index in [1.807, 2.05) is 25.1 Å². The van der Waals surface area contributed by atoms with E-state index in [2.05, 4.69) is 18.8 Å². The van der Waals surface area contributed by atoms with Crippen LogP contribution in [0.3, 0.4) is 0 Å². The third-order valence-electron chi connectivity index (χ3n) is 2.41. The molecule has 0 atom stereocenters. The molecule has 0 aliphatic rings. The van der Waals surface area contributed by atoms with E-state index in [1.165, 1.54) is 0 Å². The van der Waals surface area contributed by atoms with Gasteiger partial charge < -0.3 is 0 Å². The zero-order valence-corrected chi connectivity index (χ0v) is 10.3. The number of hydrogen-bond donors (Lipinski definition) is 0. The molecule has 0 heterocycles. The van der Waals surface area contributed by atoms with Crippen molar-refractivity contribution >= 4 is 5.78 Å². The Hall–Kier alpha value is -1.55. The van der Waals surface area contributed by atoms with Gasteiger partial charge in [0.25, 0.3) is 0 Å². The Kier molecular flexibility index (Phi) is 4.79. The molecule has 0 saturated heterocycles. The molecular formula is C15H18O. The van der Waals surface area contributed by atoms with Gasteiger partial charge in [-0.25, -0.2) is 0 Å². The van der Waals surface area contributed by atoms with Crippen LogP contribution in [0.15, 0.2) is 18.2 Å². The van der Waals surface area contributed by atoms with Gasteiger partial charge in [0.15, 0.2) is 5.78 Å². The van der Waals surface area contributed by atoms with Crippen LogP contribution in [0.5, 0.6) is 0 Å². The minimum absolute atomic E-state index is 0.137. The molecular weight excluding hydrogens is 196 g/mol. The molecule has 0 N–H and O–H groups in total. The Balaban J connectivity index is 3.11. The van der Waals surface area contributed by atoms with Crippen LogP contribution in [0.2, 0.25) is 0 Å². The van der Waals surface area contributed by atoms with Crippen molar-refractivity contribution in [3.8, 4) is 11.8 Å². The molecule has 0 amide bonds. The van der Waals surface area contributed by atoms with Crippen LogP contribution in [0.4, 0.5) is 0 Å². The maximum atomic E-state index is 11.4. The minimum Gasteiger partial charge on any atom is -0.295 e. The van der Waals surface area contributed by atoms with Gasteiger partial charge in [-0.2, -0.15) is 0 Å². The second-order valence-corrected chi connectivity index (χ2v) is 3.83. The van der Waals surface area contributed by atoms with Gasteiger partial charge in [-0.05, 0) is 37.1 Å². The molecule has 0 aliphatic heterocycles. The lowest BCUT2D eigenvalue weighted by Gasteiger charge is -2.06. The van der Waals surface area contributed by atoms with E-state index in [9.17, 15) is 4.79 Å². The van der Waals surface area contributed by atoms with Gasteiger partial charge in [0.2, 0.25) is 0 Å². The number of Topliss-reactive ketones (excluding diaryl/α,β-unsaturated/α-hetero) is 1. The summed E-state index contributed by atoms with van der Waals surface area (Å²) in [4.78, 5) is 11.4. The highest BCUT2D eigenvalue weighted by atomic mass is 16.1. The summed E-state index contributed by atoms with van der Waals surface area (Å²) in [5.41, 5.74) is 2.97. The van der Waals surface area contributed by atoms with Gasteiger partial charge in [0.1, 0.15) is 0 Å². The molecule has 1 nitrogen and oxygen atoms in total. The maximum absolute atomic E-state index is 11.4. The Bertz CT molecular complexity index is 432. The first-order chi connectivity index (χ1) is 7.69.